The molecule has 1 aliphatic rings. The van der Waals surface area contributed by atoms with Crippen molar-refractivity contribution in [3.63, 3.8) is 0 Å². The summed E-state index contributed by atoms with van der Waals surface area (Å²) in [6, 6.07) is 0.928. The van der Waals surface area contributed by atoms with Crippen molar-refractivity contribution in [3.8, 4) is 0 Å². The van der Waals surface area contributed by atoms with Gasteiger partial charge in [-0.3, -0.25) is 4.90 Å². The van der Waals surface area contributed by atoms with Gasteiger partial charge < -0.3 is 10.5 Å². The predicted molar refractivity (Wildman–Crippen MR) is 63.9 cm³/mol. The van der Waals surface area contributed by atoms with Crippen LogP contribution in [0, 0.1) is 0 Å². The van der Waals surface area contributed by atoms with Gasteiger partial charge in [-0.15, -0.1) is 0 Å². The molecule has 2 atom stereocenters. The van der Waals surface area contributed by atoms with Crippen LogP contribution in [-0.2, 0) is 4.74 Å². The highest BCUT2D eigenvalue weighted by Crippen LogP contribution is 2.20. The van der Waals surface area contributed by atoms with Gasteiger partial charge in [0, 0.05) is 18.6 Å². The third-order valence-electron chi connectivity index (χ3n) is 3.24. The van der Waals surface area contributed by atoms with Crippen molar-refractivity contribution in [1.29, 1.82) is 0 Å². The second-order valence-corrected chi connectivity index (χ2v) is 4.92. The van der Waals surface area contributed by atoms with E-state index in [4.69, 9.17) is 10.5 Å². The van der Waals surface area contributed by atoms with Crippen LogP contribution >= 0.6 is 0 Å². The fourth-order valence-corrected chi connectivity index (χ4v) is 2.29. The highest BCUT2D eigenvalue weighted by molar-refractivity contribution is 4.84. The van der Waals surface area contributed by atoms with E-state index in [0.717, 1.165) is 13.2 Å². The number of nitrogens with two attached hydrogens (primary N) is 1. The van der Waals surface area contributed by atoms with E-state index >= 15 is 0 Å². The Kier molecular flexibility index (Phi) is 5.58. The summed E-state index contributed by atoms with van der Waals surface area (Å²) in [4.78, 5) is 2.37. The van der Waals surface area contributed by atoms with E-state index in [-0.39, 0.29) is 0 Å². The molecule has 3 nitrogen and oxygen atoms in total. The molecule has 90 valence electrons. The maximum Gasteiger partial charge on any atom is 0.0596 e. The summed E-state index contributed by atoms with van der Waals surface area (Å²) in [5.41, 5.74) is 6.13. The summed E-state index contributed by atoms with van der Waals surface area (Å²) in [7, 11) is 2.17. The quantitative estimate of drug-likeness (QED) is 0.755. The summed E-state index contributed by atoms with van der Waals surface area (Å²) < 4.78 is 5.56. The van der Waals surface area contributed by atoms with Crippen LogP contribution in [0.5, 0.6) is 0 Å². The first-order chi connectivity index (χ1) is 7.11. The molecular weight excluding hydrogens is 188 g/mol. The zero-order valence-corrected chi connectivity index (χ0v) is 10.4. The molecule has 0 aromatic rings. The molecule has 0 aromatic carbocycles. The lowest BCUT2D eigenvalue weighted by Crippen LogP contribution is -2.48. The first-order valence-electron chi connectivity index (χ1n) is 6.18. The Morgan fingerprint density at radius 1 is 1.33 bits per heavy atom. The summed E-state index contributed by atoms with van der Waals surface area (Å²) in [6.45, 7) is 5.96. The number of hydrogen-bond acceptors (Lipinski definition) is 3. The number of ether oxygens (including phenoxy) is 1. The molecule has 0 radical (unpaired) electrons. The molecule has 2 N–H and O–H groups in total. The minimum absolute atomic E-state index is 0.332. The van der Waals surface area contributed by atoms with E-state index in [0.29, 0.717) is 18.2 Å². The molecule has 1 saturated carbocycles. The lowest BCUT2D eigenvalue weighted by Gasteiger charge is -2.36. The van der Waals surface area contributed by atoms with Crippen molar-refractivity contribution in [1.82, 2.24) is 4.90 Å². The van der Waals surface area contributed by atoms with Gasteiger partial charge in [0.2, 0.25) is 0 Å². The maximum atomic E-state index is 6.13. The zero-order valence-electron chi connectivity index (χ0n) is 10.4. The third kappa shape index (κ3) is 4.49. The molecule has 0 saturated heterocycles. The van der Waals surface area contributed by atoms with Crippen LogP contribution in [0.15, 0.2) is 0 Å². The monoisotopic (exact) mass is 214 g/mol. The Labute approximate surface area is 94.0 Å². The van der Waals surface area contributed by atoms with Crippen LogP contribution in [0.4, 0.5) is 0 Å². The van der Waals surface area contributed by atoms with E-state index < -0.39 is 0 Å². The standard InChI is InChI=1S/C12H26N2O/c1-10(2)15-9-8-14(3)12-7-5-4-6-11(12)13/h10-12H,4-9,13H2,1-3H3. The van der Waals surface area contributed by atoms with E-state index in [1.165, 1.54) is 25.7 Å². The van der Waals surface area contributed by atoms with E-state index in [1.807, 2.05) is 0 Å². The third-order valence-corrected chi connectivity index (χ3v) is 3.24. The Bertz CT molecular complexity index is 173. The Morgan fingerprint density at radius 3 is 2.60 bits per heavy atom. The summed E-state index contributed by atoms with van der Waals surface area (Å²) in [6.07, 6.45) is 5.39. The highest BCUT2D eigenvalue weighted by Gasteiger charge is 2.24. The van der Waals surface area contributed by atoms with Crippen molar-refractivity contribution in [3.05, 3.63) is 0 Å². The average Bonchev–Trinajstić information content (AvgIpc) is 2.17. The molecule has 0 aromatic heterocycles. The molecular formula is C12H26N2O. The van der Waals surface area contributed by atoms with Gasteiger partial charge >= 0.3 is 0 Å². The van der Waals surface area contributed by atoms with Crippen LogP contribution in [0.2, 0.25) is 0 Å². The SMILES string of the molecule is CC(C)OCCN(C)C1CCCCC1N. The van der Waals surface area contributed by atoms with Gasteiger partial charge in [0.15, 0.2) is 0 Å². The van der Waals surface area contributed by atoms with E-state index in [2.05, 4.69) is 25.8 Å². The van der Waals surface area contributed by atoms with Crippen molar-refractivity contribution in [2.75, 3.05) is 20.2 Å². The van der Waals surface area contributed by atoms with Crippen LogP contribution < -0.4 is 5.73 Å². The lowest BCUT2D eigenvalue weighted by atomic mass is 9.90. The molecule has 1 aliphatic carbocycles. The summed E-state index contributed by atoms with van der Waals surface area (Å²) in [5, 5.41) is 0. The Morgan fingerprint density at radius 2 is 2.00 bits per heavy atom. The van der Waals surface area contributed by atoms with Crippen molar-refractivity contribution in [2.45, 2.75) is 57.7 Å². The molecule has 0 aliphatic heterocycles. The van der Waals surface area contributed by atoms with Crippen LogP contribution in [-0.4, -0.2) is 43.3 Å². The van der Waals surface area contributed by atoms with E-state index in [9.17, 15) is 0 Å². The van der Waals surface area contributed by atoms with Gasteiger partial charge in [0.25, 0.3) is 0 Å². The number of rotatable bonds is 5. The largest absolute Gasteiger partial charge is 0.377 e. The van der Waals surface area contributed by atoms with Gasteiger partial charge in [0.05, 0.1) is 12.7 Å². The Hall–Kier alpha value is -0.120. The first-order valence-corrected chi connectivity index (χ1v) is 6.18. The van der Waals surface area contributed by atoms with Crippen LogP contribution in [0.25, 0.3) is 0 Å². The maximum absolute atomic E-state index is 6.13. The van der Waals surface area contributed by atoms with Crippen LogP contribution in [0.1, 0.15) is 39.5 Å². The smallest absolute Gasteiger partial charge is 0.0596 e. The van der Waals surface area contributed by atoms with Gasteiger partial charge in [-0.25, -0.2) is 0 Å². The molecule has 0 spiro atoms. The van der Waals surface area contributed by atoms with Gasteiger partial charge in [-0.1, -0.05) is 12.8 Å². The highest BCUT2D eigenvalue weighted by atomic mass is 16.5. The number of nitrogens with zero attached hydrogens (tertiary/aromatic N) is 1. The topological polar surface area (TPSA) is 38.5 Å². The zero-order chi connectivity index (χ0) is 11.3. The second-order valence-electron chi connectivity index (χ2n) is 4.92. The van der Waals surface area contributed by atoms with Crippen molar-refractivity contribution < 1.29 is 4.74 Å². The minimum atomic E-state index is 0.332. The minimum Gasteiger partial charge on any atom is -0.377 e. The summed E-state index contributed by atoms with van der Waals surface area (Å²) >= 11 is 0. The first kappa shape index (κ1) is 12.9. The van der Waals surface area contributed by atoms with Crippen molar-refractivity contribution >= 4 is 0 Å². The predicted octanol–water partition coefficient (Wildman–Crippen LogP) is 1.61. The molecule has 1 fully saturated rings. The number of hydrogen-bond donors (Lipinski definition) is 1. The number of likely N-dealkylation sites (N-methyl/N-ethyl adjacent to an activating group) is 1. The fraction of sp³-hybridized carbons (Fsp3) is 1.00. The molecule has 2 unspecified atom stereocenters. The molecule has 0 heterocycles. The van der Waals surface area contributed by atoms with E-state index in [1.54, 1.807) is 0 Å². The lowest BCUT2D eigenvalue weighted by molar-refractivity contribution is 0.0487. The van der Waals surface area contributed by atoms with Gasteiger partial charge in [0.1, 0.15) is 0 Å². The fourth-order valence-electron chi connectivity index (χ4n) is 2.29. The molecule has 1 rings (SSSR count). The van der Waals surface area contributed by atoms with Gasteiger partial charge in [-0.05, 0) is 33.7 Å². The molecule has 15 heavy (non-hydrogen) atoms. The molecule has 0 amide bonds. The average molecular weight is 214 g/mol. The molecule has 3 heteroatoms. The van der Waals surface area contributed by atoms with Crippen molar-refractivity contribution in [2.24, 2.45) is 5.73 Å². The molecule has 0 bridgehead atoms. The Balaban J connectivity index is 2.22. The second kappa shape index (κ2) is 6.46. The van der Waals surface area contributed by atoms with Gasteiger partial charge in [-0.2, -0.15) is 0 Å². The van der Waals surface area contributed by atoms with Crippen LogP contribution in [0.3, 0.4) is 0 Å². The normalized spacial score (nSPS) is 27.6. The summed E-state index contributed by atoms with van der Waals surface area (Å²) in [5.74, 6) is 0.